The lowest BCUT2D eigenvalue weighted by Gasteiger charge is -2.20. The fraction of sp³-hybridized carbons (Fsp3) is 0.727. The Kier molecular flexibility index (Phi) is 5.56. The molecule has 2 atom stereocenters. The molecule has 1 rings (SSSR count). The molecule has 1 aliphatic heterocycles. The van der Waals surface area contributed by atoms with Gasteiger partial charge in [-0.3, -0.25) is 4.79 Å². The number of carboxylic acids is 1. The number of aliphatic carboxylic acids is 1. The highest BCUT2D eigenvalue weighted by atomic mass is 16.5. The van der Waals surface area contributed by atoms with Gasteiger partial charge in [-0.25, -0.2) is 9.59 Å². The number of carbonyl (C=O) groups excluding carboxylic acids is 2. The molecule has 0 aliphatic carbocycles. The summed E-state index contributed by atoms with van der Waals surface area (Å²) < 4.78 is 4.39. The van der Waals surface area contributed by atoms with E-state index in [4.69, 9.17) is 10.8 Å². The molecule has 8 heteroatoms. The average molecular weight is 273 g/mol. The van der Waals surface area contributed by atoms with E-state index in [0.29, 0.717) is 19.6 Å². The number of urea groups is 1. The highest BCUT2D eigenvalue weighted by Crippen LogP contribution is 2.14. The SMILES string of the molecule is COC(=O)C[C@H](NC(=O)N1CCC(CN)C1)C(=O)O. The van der Waals surface area contributed by atoms with Crippen LogP contribution in [0.1, 0.15) is 12.8 Å². The van der Waals surface area contributed by atoms with Crippen molar-refractivity contribution in [3.8, 4) is 0 Å². The maximum atomic E-state index is 11.9. The zero-order valence-corrected chi connectivity index (χ0v) is 10.8. The Hall–Kier alpha value is -1.83. The zero-order valence-electron chi connectivity index (χ0n) is 10.8. The van der Waals surface area contributed by atoms with Crippen molar-refractivity contribution in [2.75, 3.05) is 26.7 Å². The number of nitrogens with one attached hydrogen (secondary N) is 1. The average Bonchev–Trinajstić information content (AvgIpc) is 2.86. The van der Waals surface area contributed by atoms with Crippen molar-refractivity contribution in [3.05, 3.63) is 0 Å². The Balaban J connectivity index is 2.52. The van der Waals surface area contributed by atoms with Crippen LogP contribution in [0.4, 0.5) is 4.79 Å². The molecule has 1 saturated heterocycles. The molecule has 0 bridgehead atoms. The molecule has 19 heavy (non-hydrogen) atoms. The Morgan fingerprint density at radius 2 is 2.21 bits per heavy atom. The summed E-state index contributed by atoms with van der Waals surface area (Å²) in [5.74, 6) is -1.71. The first-order chi connectivity index (χ1) is 8.97. The Labute approximate surface area is 110 Å². The van der Waals surface area contributed by atoms with Crippen LogP contribution < -0.4 is 11.1 Å². The van der Waals surface area contributed by atoms with Crippen LogP contribution in [0.5, 0.6) is 0 Å². The number of nitrogens with two attached hydrogens (primary N) is 1. The molecule has 0 spiro atoms. The number of hydrogen-bond acceptors (Lipinski definition) is 5. The van der Waals surface area contributed by atoms with Gasteiger partial charge in [0.25, 0.3) is 0 Å². The van der Waals surface area contributed by atoms with E-state index in [0.717, 1.165) is 13.5 Å². The van der Waals surface area contributed by atoms with Crippen LogP contribution in [-0.2, 0) is 14.3 Å². The minimum absolute atomic E-state index is 0.245. The number of hydrogen-bond donors (Lipinski definition) is 3. The molecule has 0 radical (unpaired) electrons. The van der Waals surface area contributed by atoms with Crippen LogP contribution >= 0.6 is 0 Å². The van der Waals surface area contributed by atoms with Gasteiger partial charge >= 0.3 is 18.0 Å². The fourth-order valence-corrected chi connectivity index (χ4v) is 1.90. The molecule has 1 aliphatic rings. The van der Waals surface area contributed by atoms with Gasteiger partial charge in [0.05, 0.1) is 13.5 Å². The number of nitrogens with zero attached hydrogens (tertiary/aromatic N) is 1. The molecule has 2 amide bonds. The van der Waals surface area contributed by atoms with Crippen LogP contribution in [0.25, 0.3) is 0 Å². The minimum Gasteiger partial charge on any atom is -0.480 e. The number of amides is 2. The van der Waals surface area contributed by atoms with Gasteiger partial charge in [0.15, 0.2) is 0 Å². The molecular formula is C11H19N3O5. The van der Waals surface area contributed by atoms with E-state index in [-0.39, 0.29) is 5.92 Å². The van der Waals surface area contributed by atoms with Crippen LogP contribution in [0.2, 0.25) is 0 Å². The van der Waals surface area contributed by atoms with Crippen LogP contribution in [0.3, 0.4) is 0 Å². The van der Waals surface area contributed by atoms with Crippen molar-refractivity contribution >= 4 is 18.0 Å². The third kappa shape index (κ3) is 4.40. The number of carboxylic acid groups (broad SMARTS) is 1. The van der Waals surface area contributed by atoms with Crippen molar-refractivity contribution in [1.82, 2.24) is 10.2 Å². The quantitative estimate of drug-likeness (QED) is 0.552. The molecule has 0 aromatic rings. The molecule has 1 fully saturated rings. The minimum atomic E-state index is -1.28. The van der Waals surface area contributed by atoms with Crippen molar-refractivity contribution < 1.29 is 24.2 Å². The van der Waals surface area contributed by atoms with E-state index in [2.05, 4.69) is 10.1 Å². The number of ether oxygens (including phenoxy) is 1. The molecule has 8 nitrogen and oxygen atoms in total. The summed E-state index contributed by atoms with van der Waals surface area (Å²) in [6.45, 7) is 1.54. The highest BCUT2D eigenvalue weighted by molar-refractivity contribution is 5.86. The molecule has 4 N–H and O–H groups in total. The predicted molar refractivity (Wildman–Crippen MR) is 65.3 cm³/mol. The van der Waals surface area contributed by atoms with Gasteiger partial charge in [-0.15, -0.1) is 0 Å². The molecular weight excluding hydrogens is 254 g/mol. The summed E-state index contributed by atoms with van der Waals surface area (Å²) in [6, 6.07) is -1.77. The Bertz CT molecular complexity index is 360. The monoisotopic (exact) mass is 273 g/mol. The first-order valence-corrected chi connectivity index (χ1v) is 6.03. The van der Waals surface area contributed by atoms with E-state index in [1.807, 2.05) is 0 Å². The zero-order chi connectivity index (χ0) is 14.4. The summed E-state index contributed by atoms with van der Waals surface area (Å²) in [4.78, 5) is 35.4. The van der Waals surface area contributed by atoms with Gasteiger partial charge in [-0.1, -0.05) is 0 Å². The van der Waals surface area contributed by atoms with E-state index < -0.39 is 30.4 Å². The lowest BCUT2D eigenvalue weighted by Crippen LogP contribution is -2.48. The first kappa shape index (κ1) is 15.2. The summed E-state index contributed by atoms with van der Waals surface area (Å²) in [5, 5.41) is 11.3. The highest BCUT2D eigenvalue weighted by Gasteiger charge is 2.29. The van der Waals surface area contributed by atoms with Gasteiger partial charge in [0, 0.05) is 13.1 Å². The second-order valence-electron chi connectivity index (χ2n) is 4.46. The lowest BCUT2D eigenvalue weighted by atomic mass is 10.1. The van der Waals surface area contributed by atoms with Gasteiger partial charge in [-0.2, -0.15) is 0 Å². The standard InChI is InChI=1S/C11H19N3O5/c1-19-9(15)4-8(10(16)17)13-11(18)14-3-2-7(5-12)6-14/h7-8H,2-6,12H2,1H3,(H,13,18)(H,16,17)/t7?,8-/m0/s1. The van der Waals surface area contributed by atoms with Crippen LogP contribution in [0.15, 0.2) is 0 Å². The van der Waals surface area contributed by atoms with E-state index in [9.17, 15) is 14.4 Å². The van der Waals surface area contributed by atoms with E-state index in [1.165, 1.54) is 4.90 Å². The maximum absolute atomic E-state index is 11.9. The van der Waals surface area contributed by atoms with Crippen LogP contribution in [0, 0.1) is 5.92 Å². The van der Waals surface area contributed by atoms with Gasteiger partial charge < -0.3 is 25.8 Å². The molecule has 1 unspecified atom stereocenters. The topological polar surface area (TPSA) is 122 Å². The molecule has 0 saturated carbocycles. The van der Waals surface area contributed by atoms with Gasteiger partial charge in [0.1, 0.15) is 6.04 Å². The third-order valence-electron chi connectivity index (χ3n) is 3.10. The molecule has 1 heterocycles. The summed E-state index contributed by atoms with van der Waals surface area (Å²) in [5.41, 5.74) is 5.52. The predicted octanol–water partition coefficient (Wildman–Crippen LogP) is -1.01. The Morgan fingerprint density at radius 3 is 2.68 bits per heavy atom. The number of methoxy groups -OCH3 is 1. The number of carbonyl (C=O) groups is 3. The second kappa shape index (κ2) is 6.93. The number of likely N-dealkylation sites (tertiary alicyclic amines) is 1. The van der Waals surface area contributed by atoms with Crippen LogP contribution in [-0.4, -0.2) is 60.8 Å². The van der Waals surface area contributed by atoms with E-state index in [1.54, 1.807) is 0 Å². The third-order valence-corrected chi connectivity index (χ3v) is 3.10. The molecule has 0 aromatic carbocycles. The smallest absolute Gasteiger partial charge is 0.326 e. The van der Waals surface area contributed by atoms with Gasteiger partial charge in [-0.05, 0) is 18.9 Å². The van der Waals surface area contributed by atoms with Crippen molar-refractivity contribution in [2.45, 2.75) is 18.9 Å². The fourth-order valence-electron chi connectivity index (χ4n) is 1.90. The van der Waals surface area contributed by atoms with E-state index >= 15 is 0 Å². The van der Waals surface area contributed by atoms with Crippen molar-refractivity contribution in [2.24, 2.45) is 11.7 Å². The van der Waals surface area contributed by atoms with Crippen molar-refractivity contribution in [1.29, 1.82) is 0 Å². The molecule has 0 aromatic heterocycles. The second-order valence-corrected chi connectivity index (χ2v) is 4.46. The maximum Gasteiger partial charge on any atom is 0.326 e. The number of esters is 1. The normalized spacial score (nSPS) is 19.9. The number of rotatable bonds is 5. The van der Waals surface area contributed by atoms with Crippen molar-refractivity contribution in [3.63, 3.8) is 0 Å². The van der Waals surface area contributed by atoms with Gasteiger partial charge in [0.2, 0.25) is 0 Å². The summed E-state index contributed by atoms with van der Waals surface area (Å²) >= 11 is 0. The summed E-state index contributed by atoms with van der Waals surface area (Å²) in [7, 11) is 1.16. The molecule has 108 valence electrons. The lowest BCUT2D eigenvalue weighted by molar-refractivity contribution is -0.147. The summed E-state index contributed by atoms with van der Waals surface area (Å²) in [6.07, 6.45) is 0.407. The first-order valence-electron chi connectivity index (χ1n) is 6.03. The Morgan fingerprint density at radius 1 is 1.53 bits per heavy atom. The largest absolute Gasteiger partial charge is 0.480 e.